The zero-order valence-corrected chi connectivity index (χ0v) is 17.2. The minimum absolute atomic E-state index is 0.0471. The Morgan fingerprint density at radius 1 is 0.559 bits per heavy atom. The minimum Gasteiger partial charge on any atom is -0.285 e. The van der Waals surface area contributed by atoms with Gasteiger partial charge in [-0.3, -0.25) is 14.8 Å². The van der Waals surface area contributed by atoms with Crippen LogP contribution < -0.4 is 0 Å². The van der Waals surface area contributed by atoms with Crippen LogP contribution >= 0.6 is 0 Å². The maximum atomic E-state index is 13.4. The number of halogens is 6. The maximum Gasteiger partial charge on any atom is 0.416 e. The summed E-state index contributed by atoms with van der Waals surface area (Å²) in [5.41, 5.74) is -0.476. The van der Waals surface area contributed by atoms with E-state index in [1.165, 1.54) is 36.7 Å². The quantitative estimate of drug-likeness (QED) is 0.236. The van der Waals surface area contributed by atoms with Gasteiger partial charge in [-0.05, 0) is 47.5 Å². The molecule has 0 unspecified atom stereocenters. The zero-order chi connectivity index (χ0) is 24.5. The van der Waals surface area contributed by atoms with Crippen molar-refractivity contribution in [2.45, 2.75) is 12.4 Å². The fraction of sp³-hybridized carbons (Fsp3) is 0.0800. The number of nitrogens with zero attached hydrogens (tertiary/aromatic N) is 2. The van der Waals surface area contributed by atoms with Gasteiger partial charge in [-0.2, -0.15) is 26.3 Å². The summed E-state index contributed by atoms with van der Waals surface area (Å²) in [6.07, 6.45) is -6.28. The van der Waals surface area contributed by atoms with Gasteiger partial charge in [0.15, 0.2) is 0 Å². The standard InChI is InChI=1S/C25H14F6N2O/c26-24(27,28)17-9-5-15(6-10-17)19-3-1-13-32-21(19)23(34)22-20(4-2-14-33-22)16-7-11-18(12-8-16)25(29,30)31/h1-14H. The van der Waals surface area contributed by atoms with Crippen molar-refractivity contribution in [3.05, 3.63) is 108 Å². The van der Waals surface area contributed by atoms with Gasteiger partial charge in [0.1, 0.15) is 11.4 Å². The van der Waals surface area contributed by atoms with E-state index in [9.17, 15) is 31.1 Å². The molecule has 2 aromatic heterocycles. The lowest BCUT2D eigenvalue weighted by atomic mass is 9.95. The van der Waals surface area contributed by atoms with Crippen LogP contribution in [0.25, 0.3) is 22.3 Å². The molecule has 0 fully saturated rings. The molecular formula is C25H14F6N2O. The van der Waals surface area contributed by atoms with Gasteiger partial charge in [-0.15, -0.1) is 0 Å². The van der Waals surface area contributed by atoms with Gasteiger partial charge < -0.3 is 0 Å². The Balaban J connectivity index is 1.75. The highest BCUT2D eigenvalue weighted by molar-refractivity contribution is 6.13. The predicted octanol–water partition coefficient (Wildman–Crippen LogP) is 7.08. The van der Waals surface area contributed by atoms with E-state index in [4.69, 9.17) is 0 Å². The van der Waals surface area contributed by atoms with E-state index in [2.05, 4.69) is 9.97 Å². The fourth-order valence-electron chi connectivity index (χ4n) is 3.43. The molecule has 0 saturated heterocycles. The highest BCUT2D eigenvalue weighted by atomic mass is 19.4. The number of hydrogen-bond acceptors (Lipinski definition) is 3. The number of aromatic nitrogens is 2. The van der Waals surface area contributed by atoms with Gasteiger partial charge in [0.2, 0.25) is 5.78 Å². The number of rotatable bonds is 4. The molecule has 4 aromatic rings. The molecule has 0 radical (unpaired) electrons. The van der Waals surface area contributed by atoms with Crippen molar-refractivity contribution in [2.75, 3.05) is 0 Å². The largest absolute Gasteiger partial charge is 0.416 e. The minimum atomic E-state index is -4.50. The number of hydrogen-bond donors (Lipinski definition) is 0. The molecule has 0 atom stereocenters. The Labute approximate surface area is 189 Å². The number of alkyl halides is 6. The Bertz CT molecular complexity index is 1220. The topological polar surface area (TPSA) is 42.9 Å². The third-order valence-corrected chi connectivity index (χ3v) is 5.09. The molecule has 9 heteroatoms. The number of carbonyl (C=O) groups is 1. The van der Waals surface area contributed by atoms with Gasteiger partial charge in [-0.1, -0.05) is 36.4 Å². The summed E-state index contributed by atoms with van der Waals surface area (Å²) in [7, 11) is 0. The molecule has 0 aliphatic heterocycles. The lowest BCUT2D eigenvalue weighted by Gasteiger charge is -2.12. The van der Waals surface area contributed by atoms with Crippen molar-refractivity contribution < 1.29 is 31.1 Å². The summed E-state index contributed by atoms with van der Waals surface area (Å²) in [4.78, 5) is 21.6. The van der Waals surface area contributed by atoms with E-state index in [1.807, 2.05) is 0 Å². The molecule has 0 spiro atoms. The third kappa shape index (κ3) is 4.68. The Morgan fingerprint density at radius 3 is 1.24 bits per heavy atom. The summed E-state index contributed by atoms with van der Waals surface area (Å²) < 4.78 is 77.5. The number of pyridine rings is 2. The van der Waals surface area contributed by atoms with E-state index >= 15 is 0 Å². The second-order valence-corrected chi connectivity index (χ2v) is 7.28. The van der Waals surface area contributed by atoms with Gasteiger partial charge >= 0.3 is 12.4 Å². The highest BCUT2D eigenvalue weighted by Gasteiger charge is 2.31. The molecule has 0 saturated carbocycles. The Morgan fingerprint density at radius 2 is 0.912 bits per heavy atom. The summed E-state index contributed by atoms with van der Waals surface area (Å²) in [5.74, 6) is -0.619. The highest BCUT2D eigenvalue weighted by Crippen LogP contribution is 2.34. The molecule has 0 amide bonds. The van der Waals surface area contributed by atoms with Crippen LogP contribution in [-0.4, -0.2) is 15.8 Å². The molecule has 3 nitrogen and oxygen atoms in total. The van der Waals surface area contributed by atoms with Crippen LogP contribution in [0.15, 0.2) is 85.2 Å². The van der Waals surface area contributed by atoms with E-state index in [0.717, 1.165) is 24.3 Å². The number of ketones is 1. The first-order valence-electron chi connectivity index (χ1n) is 9.86. The average Bonchev–Trinajstić information content (AvgIpc) is 2.83. The second kappa shape index (κ2) is 8.74. The van der Waals surface area contributed by atoms with E-state index < -0.39 is 29.3 Å². The maximum absolute atomic E-state index is 13.4. The summed E-state index contributed by atoms with van der Waals surface area (Å²) in [6.45, 7) is 0. The van der Waals surface area contributed by atoms with Gasteiger partial charge in [0.05, 0.1) is 11.1 Å². The summed E-state index contributed by atoms with van der Waals surface area (Å²) >= 11 is 0. The van der Waals surface area contributed by atoms with Crippen LogP contribution in [0.3, 0.4) is 0 Å². The average molecular weight is 472 g/mol. The van der Waals surface area contributed by atoms with E-state index in [1.54, 1.807) is 24.3 Å². The van der Waals surface area contributed by atoms with E-state index in [0.29, 0.717) is 22.3 Å². The van der Waals surface area contributed by atoms with Crippen LogP contribution in [-0.2, 0) is 12.4 Å². The van der Waals surface area contributed by atoms with Crippen LogP contribution in [0, 0.1) is 0 Å². The van der Waals surface area contributed by atoms with Crippen LogP contribution in [0.4, 0.5) is 26.3 Å². The predicted molar refractivity (Wildman–Crippen MR) is 113 cm³/mol. The molecule has 0 aliphatic carbocycles. The van der Waals surface area contributed by atoms with Gasteiger partial charge in [0, 0.05) is 23.5 Å². The van der Waals surface area contributed by atoms with Crippen molar-refractivity contribution in [3.63, 3.8) is 0 Å². The first-order valence-corrected chi connectivity index (χ1v) is 9.86. The molecule has 4 rings (SSSR count). The summed E-state index contributed by atoms with van der Waals surface area (Å²) in [5, 5.41) is 0. The molecule has 34 heavy (non-hydrogen) atoms. The van der Waals surface area contributed by atoms with Crippen molar-refractivity contribution in [1.82, 2.24) is 9.97 Å². The smallest absolute Gasteiger partial charge is 0.285 e. The molecule has 0 aliphatic rings. The van der Waals surface area contributed by atoms with Crippen LogP contribution in [0.5, 0.6) is 0 Å². The normalized spacial score (nSPS) is 11.9. The van der Waals surface area contributed by atoms with Gasteiger partial charge in [0.25, 0.3) is 0 Å². The van der Waals surface area contributed by atoms with Crippen molar-refractivity contribution >= 4 is 5.78 Å². The monoisotopic (exact) mass is 472 g/mol. The first kappa shape index (κ1) is 23.2. The second-order valence-electron chi connectivity index (χ2n) is 7.28. The molecule has 2 heterocycles. The molecule has 0 bridgehead atoms. The number of carbonyl (C=O) groups excluding carboxylic acids is 1. The Kier molecular flexibility index (Phi) is 5.95. The van der Waals surface area contributed by atoms with Crippen molar-refractivity contribution in [2.24, 2.45) is 0 Å². The number of benzene rings is 2. The lowest BCUT2D eigenvalue weighted by Crippen LogP contribution is -2.10. The molecule has 0 N–H and O–H groups in total. The summed E-state index contributed by atoms with van der Waals surface area (Å²) in [6, 6.07) is 14.8. The lowest BCUT2D eigenvalue weighted by molar-refractivity contribution is -0.138. The third-order valence-electron chi connectivity index (χ3n) is 5.09. The molecule has 172 valence electrons. The SMILES string of the molecule is O=C(c1ncccc1-c1ccc(C(F)(F)F)cc1)c1ncccc1-c1ccc(C(F)(F)F)cc1. The molecule has 2 aromatic carbocycles. The van der Waals surface area contributed by atoms with Crippen molar-refractivity contribution in [1.29, 1.82) is 0 Å². The van der Waals surface area contributed by atoms with Crippen molar-refractivity contribution in [3.8, 4) is 22.3 Å². The van der Waals surface area contributed by atoms with Gasteiger partial charge in [-0.25, -0.2) is 0 Å². The fourth-order valence-corrected chi connectivity index (χ4v) is 3.43. The molecular weight excluding hydrogens is 458 g/mol. The first-order chi connectivity index (χ1) is 16.1. The zero-order valence-electron chi connectivity index (χ0n) is 17.2. The van der Waals surface area contributed by atoms with E-state index in [-0.39, 0.29) is 11.4 Å². The van der Waals surface area contributed by atoms with Crippen LogP contribution in [0.2, 0.25) is 0 Å². The Hall–Kier alpha value is -4.01. The van der Waals surface area contributed by atoms with Crippen LogP contribution in [0.1, 0.15) is 27.3 Å².